The largest absolute Gasteiger partial charge is 0.457 e. The van der Waals surface area contributed by atoms with Crippen molar-refractivity contribution in [3.05, 3.63) is 102 Å². The topological polar surface area (TPSA) is 83.5 Å². The van der Waals surface area contributed by atoms with Crippen molar-refractivity contribution >= 4 is 23.6 Å². The molecule has 0 spiro atoms. The zero-order chi connectivity index (χ0) is 24.2. The molecule has 8 nitrogen and oxygen atoms in total. The Morgan fingerprint density at radius 3 is 2.46 bits per heavy atom. The van der Waals surface area contributed by atoms with E-state index in [-0.39, 0.29) is 11.8 Å². The fraction of sp³-hybridized carbons (Fsp3) is 0.148. The highest BCUT2D eigenvalue weighted by Gasteiger charge is 2.31. The first-order chi connectivity index (χ1) is 17.0. The van der Waals surface area contributed by atoms with Gasteiger partial charge < -0.3 is 19.7 Å². The van der Waals surface area contributed by atoms with E-state index in [1.807, 2.05) is 61.5 Å². The molecule has 3 amide bonds. The first-order valence-corrected chi connectivity index (χ1v) is 11.3. The van der Waals surface area contributed by atoms with Gasteiger partial charge in [0.2, 0.25) is 5.76 Å². The number of fused-ring (bicyclic) bond motifs is 1. The second-order valence-corrected chi connectivity index (χ2v) is 8.21. The average Bonchev–Trinajstić information content (AvgIpc) is 3.21. The quantitative estimate of drug-likeness (QED) is 0.557. The smallest absolute Gasteiger partial charge is 0.348 e. The van der Waals surface area contributed by atoms with Crippen LogP contribution in [0.4, 0.5) is 10.5 Å². The Kier molecular flexibility index (Phi) is 6.17. The van der Waals surface area contributed by atoms with Gasteiger partial charge in [-0.25, -0.2) is 4.79 Å². The summed E-state index contributed by atoms with van der Waals surface area (Å²) in [6.45, 7) is 3.41. The molecule has 0 aromatic heterocycles. The number of amidine groups is 1. The predicted octanol–water partition coefficient (Wildman–Crippen LogP) is 4.89. The fourth-order valence-electron chi connectivity index (χ4n) is 3.77. The highest BCUT2D eigenvalue weighted by Crippen LogP contribution is 2.24. The Labute approximate surface area is 203 Å². The van der Waals surface area contributed by atoms with Crippen molar-refractivity contribution < 1.29 is 19.1 Å². The average molecular weight is 469 g/mol. The van der Waals surface area contributed by atoms with Crippen LogP contribution in [0.1, 0.15) is 11.1 Å². The minimum absolute atomic E-state index is 0.0773. The summed E-state index contributed by atoms with van der Waals surface area (Å²) in [5.41, 5.74) is 2.77. The van der Waals surface area contributed by atoms with E-state index in [2.05, 4.69) is 10.3 Å². The molecular weight excluding hydrogens is 444 g/mol. The number of carbonyl (C=O) groups is 2. The van der Waals surface area contributed by atoms with Gasteiger partial charge in [0.05, 0.1) is 6.20 Å². The third-order valence-electron chi connectivity index (χ3n) is 5.73. The molecule has 0 atom stereocenters. The molecule has 5 rings (SSSR count). The number of ether oxygens (including phenoxy) is 2. The number of benzene rings is 3. The molecule has 0 unspecified atom stereocenters. The molecule has 3 aromatic rings. The van der Waals surface area contributed by atoms with Crippen LogP contribution in [0.2, 0.25) is 0 Å². The number of rotatable bonds is 6. The van der Waals surface area contributed by atoms with Crippen LogP contribution >= 0.6 is 0 Å². The number of para-hydroxylation sites is 1. The number of aliphatic imine (C=N–C) groups is 1. The molecule has 3 aromatic carbocycles. The van der Waals surface area contributed by atoms with Crippen molar-refractivity contribution in [1.29, 1.82) is 0 Å². The van der Waals surface area contributed by atoms with E-state index in [1.54, 1.807) is 40.3 Å². The number of hydrogen-bond acceptors (Lipinski definition) is 5. The molecule has 1 N–H and O–H groups in total. The Hall–Kier alpha value is -4.59. The third-order valence-corrected chi connectivity index (χ3v) is 5.73. The summed E-state index contributed by atoms with van der Waals surface area (Å²) in [6.07, 6.45) is 1.57. The lowest BCUT2D eigenvalue weighted by Crippen LogP contribution is -2.32. The van der Waals surface area contributed by atoms with E-state index in [0.717, 1.165) is 16.9 Å². The van der Waals surface area contributed by atoms with Crippen molar-refractivity contribution in [2.45, 2.75) is 13.5 Å². The van der Waals surface area contributed by atoms with Crippen LogP contribution in [0.5, 0.6) is 11.5 Å². The monoisotopic (exact) mass is 468 g/mol. The molecule has 0 fully saturated rings. The molecule has 0 radical (unpaired) electrons. The molecule has 176 valence electrons. The second kappa shape index (κ2) is 9.72. The van der Waals surface area contributed by atoms with Gasteiger partial charge in [-0.15, -0.1) is 4.99 Å². The number of urea groups is 1. The minimum Gasteiger partial charge on any atom is -0.457 e. The number of nitrogens with zero attached hydrogens (tertiary/aromatic N) is 3. The van der Waals surface area contributed by atoms with Crippen LogP contribution in [-0.4, -0.2) is 40.8 Å². The summed E-state index contributed by atoms with van der Waals surface area (Å²) < 4.78 is 11.4. The van der Waals surface area contributed by atoms with Gasteiger partial charge in [0.1, 0.15) is 11.5 Å². The summed E-state index contributed by atoms with van der Waals surface area (Å²) >= 11 is 0. The lowest BCUT2D eigenvalue weighted by atomic mass is 10.1. The van der Waals surface area contributed by atoms with E-state index in [9.17, 15) is 9.59 Å². The van der Waals surface area contributed by atoms with Crippen LogP contribution in [0.25, 0.3) is 0 Å². The van der Waals surface area contributed by atoms with E-state index >= 15 is 0 Å². The standard InChI is InChI=1S/C27H24N4O4/c1-19-7-5-6-8-20(19)17-30-15-16-31-18-24(35-27(31)29-26(30)33)25(32)28-21-11-13-23(14-12-21)34-22-9-3-2-4-10-22/h2-14,18H,15-17H2,1H3,(H,28,32). The zero-order valence-electron chi connectivity index (χ0n) is 19.2. The van der Waals surface area contributed by atoms with Crippen LogP contribution in [-0.2, 0) is 16.1 Å². The predicted molar refractivity (Wildman–Crippen MR) is 132 cm³/mol. The van der Waals surface area contributed by atoms with Crippen LogP contribution in [0.15, 0.2) is 95.8 Å². The zero-order valence-corrected chi connectivity index (χ0v) is 19.2. The van der Waals surface area contributed by atoms with Gasteiger partial charge >= 0.3 is 12.1 Å². The third kappa shape index (κ3) is 5.16. The van der Waals surface area contributed by atoms with E-state index in [1.165, 1.54) is 0 Å². The van der Waals surface area contributed by atoms with Crippen molar-refractivity contribution in [3.63, 3.8) is 0 Å². The summed E-state index contributed by atoms with van der Waals surface area (Å²) in [5, 5.41) is 2.79. The van der Waals surface area contributed by atoms with E-state index in [0.29, 0.717) is 31.1 Å². The maximum absolute atomic E-state index is 12.7. The maximum atomic E-state index is 12.7. The Balaban J connectivity index is 1.19. The molecule has 0 saturated carbocycles. The lowest BCUT2D eigenvalue weighted by molar-refractivity contribution is -0.114. The van der Waals surface area contributed by atoms with Gasteiger partial charge in [-0.2, -0.15) is 0 Å². The number of anilines is 1. The van der Waals surface area contributed by atoms with Crippen LogP contribution in [0, 0.1) is 6.92 Å². The number of amides is 3. The fourth-order valence-corrected chi connectivity index (χ4v) is 3.77. The van der Waals surface area contributed by atoms with Crippen LogP contribution < -0.4 is 10.1 Å². The second-order valence-electron chi connectivity index (χ2n) is 8.21. The van der Waals surface area contributed by atoms with Crippen molar-refractivity contribution in [3.8, 4) is 11.5 Å². The van der Waals surface area contributed by atoms with Gasteiger partial charge in [-0.05, 0) is 54.4 Å². The van der Waals surface area contributed by atoms with Crippen LogP contribution in [0.3, 0.4) is 0 Å². The molecule has 2 aliphatic heterocycles. The van der Waals surface area contributed by atoms with Gasteiger partial charge in [0, 0.05) is 25.3 Å². The molecule has 35 heavy (non-hydrogen) atoms. The summed E-state index contributed by atoms with van der Waals surface area (Å²) in [4.78, 5) is 32.9. The lowest BCUT2D eigenvalue weighted by Gasteiger charge is -2.20. The molecule has 0 saturated heterocycles. The highest BCUT2D eigenvalue weighted by atomic mass is 16.5. The first kappa shape index (κ1) is 22.2. The molecule has 8 heteroatoms. The number of aryl methyl sites for hydroxylation is 1. The van der Waals surface area contributed by atoms with Crippen molar-refractivity contribution in [1.82, 2.24) is 9.80 Å². The minimum atomic E-state index is -0.429. The Morgan fingerprint density at radius 2 is 1.69 bits per heavy atom. The van der Waals surface area contributed by atoms with E-state index in [4.69, 9.17) is 9.47 Å². The van der Waals surface area contributed by atoms with Gasteiger partial charge in [-0.3, -0.25) is 9.69 Å². The summed E-state index contributed by atoms with van der Waals surface area (Å²) in [6, 6.07) is 24.1. The molecular formula is C27H24N4O4. The normalized spacial score (nSPS) is 14.9. The Bertz CT molecular complexity index is 1300. The Morgan fingerprint density at radius 1 is 0.971 bits per heavy atom. The van der Waals surface area contributed by atoms with E-state index < -0.39 is 11.9 Å². The van der Waals surface area contributed by atoms with Gasteiger partial charge in [0.25, 0.3) is 5.91 Å². The SMILES string of the molecule is Cc1ccccc1CN1CCN2C=C(C(=O)Nc3ccc(Oc4ccccc4)cc3)OC2=NC1=O. The number of carbonyl (C=O) groups excluding carboxylic acids is 2. The summed E-state index contributed by atoms with van der Waals surface area (Å²) in [5.74, 6) is 1.03. The molecule has 2 aliphatic rings. The maximum Gasteiger partial charge on any atom is 0.348 e. The molecule has 0 aliphatic carbocycles. The highest BCUT2D eigenvalue weighted by molar-refractivity contribution is 6.06. The molecule has 2 heterocycles. The van der Waals surface area contributed by atoms with Gasteiger partial charge in [-0.1, -0.05) is 42.5 Å². The summed E-state index contributed by atoms with van der Waals surface area (Å²) in [7, 11) is 0. The van der Waals surface area contributed by atoms with Gasteiger partial charge in [0.15, 0.2) is 0 Å². The molecule has 0 bridgehead atoms. The first-order valence-electron chi connectivity index (χ1n) is 11.3. The number of hydrogen-bond donors (Lipinski definition) is 1. The number of nitrogens with one attached hydrogen (secondary N) is 1. The van der Waals surface area contributed by atoms with Crippen molar-refractivity contribution in [2.75, 3.05) is 18.4 Å². The van der Waals surface area contributed by atoms with Crippen molar-refractivity contribution in [2.24, 2.45) is 4.99 Å².